The highest BCUT2D eigenvalue weighted by Crippen LogP contribution is 2.39. The van der Waals surface area contributed by atoms with Crippen molar-refractivity contribution in [1.29, 1.82) is 0 Å². The number of carbonyl (C=O) groups is 2. The van der Waals surface area contributed by atoms with Crippen LogP contribution in [0.2, 0.25) is 5.02 Å². The molecule has 0 spiro atoms. The van der Waals surface area contributed by atoms with Gasteiger partial charge in [0, 0.05) is 16.8 Å². The van der Waals surface area contributed by atoms with Crippen molar-refractivity contribution in [3.63, 3.8) is 0 Å². The molecule has 29 heavy (non-hydrogen) atoms. The lowest BCUT2D eigenvalue weighted by Gasteiger charge is -2.38. The van der Waals surface area contributed by atoms with E-state index in [1.807, 2.05) is 49.4 Å². The van der Waals surface area contributed by atoms with E-state index in [1.54, 1.807) is 16.8 Å². The summed E-state index contributed by atoms with van der Waals surface area (Å²) in [6.07, 6.45) is 1.43. The number of fused-ring (bicyclic) bond motifs is 1. The summed E-state index contributed by atoms with van der Waals surface area (Å²) in [6, 6.07) is 15.8. The number of aromatic nitrogens is 2. The Bertz CT molecular complexity index is 1050. The monoisotopic (exact) mass is 409 g/mol. The number of hydrogen-bond acceptors (Lipinski definition) is 4. The van der Waals surface area contributed by atoms with Gasteiger partial charge in [0.15, 0.2) is 0 Å². The number of para-hydroxylation sites is 1. The minimum atomic E-state index is -0.576. The lowest BCUT2D eigenvalue weighted by atomic mass is 9.85. The molecule has 2 amide bonds. The Morgan fingerprint density at radius 2 is 1.83 bits per heavy atom. The van der Waals surface area contributed by atoms with Gasteiger partial charge in [-0.1, -0.05) is 41.9 Å². The molecule has 1 aromatic heterocycles. The zero-order valence-corrected chi connectivity index (χ0v) is 16.4. The van der Waals surface area contributed by atoms with Crippen LogP contribution in [0.15, 0.2) is 60.8 Å². The number of anilines is 2. The van der Waals surface area contributed by atoms with E-state index in [0.717, 1.165) is 5.56 Å². The predicted molar refractivity (Wildman–Crippen MR) is 112 cm³/mol. The maximum Gasteiger partial charge on any atom is 0.254 e. The molecule has 1 aliphatic rings. The zero-order valence-electron chi connectivity index (χ0n) is 15.7. The second kappa shape index (κ2) is 7.60. The van der Waals surface area contributed by atoms with Crippen LogP contribution in [0.5, 0.6) is 0 Å². The summed E-state index contributed by atoms with van der Waals surface area (Å²) < 4.78 is 1.65. The van der Waals surface area contributed by atoms with Crippen LogP contribution in [0.4, 0.5) is 11.5 Å². The average molecular weight is 410 g/mol. The molecule has 8 heteroatoms. The highest BCUT2D eigenvalue weighted by molar-refractivity contribution is 6.30. The Balaban J connectivity index is 1.78. The third kappa shape index (κ3) is 3.56. The van der Waals surface area contributed by atoms with Crippen molar-refractivity contribution in [2.24, 2.45) is 11.7 Å². The number of rotatable bonds is 4. The van der Waals surface area contributed by atoms with Crippen LogP contribution in [-0.2, 0) is 4.79 Å². The van der Waals surface area contributed by atoms with Gasteiger partial charge in [0.2, 0.25) is 5.91 Å². The van der Waals surface area contributed by atoms with E-state index in [4.69, 9.17) is 17.3 Å². The first-order chi connectivity index (χ1) is 14.0. The van der Waals surface area contributed by atoms with Gasteiger partial charge in [0.25, 0.3) is 5.91 Å². The van der Waals surface area contributed by atoms with Crippen molar-refractivity contribution in [2.75, 3.05) is 10.6 Å². The molecule has 0 bridgehead atoms. The fourth-order valence-electron chi connectivity index (χ4n) is 3.75. The summed E-state index contributed by atoms with van der Waals surface area (Å²) in [6.45, 7) is 1.90. The van der Waals surface area contributed by atoms with Crippen molar-refractivity contribution in [3.8, 4) is 0 Å². The number of hydrogen-bond donors (Lipinski definition) is 3. The number of benzene rings is 2. The fourth-order valence-corrected chi connectivity index (χ4v) is 3.88. The molecule has 0 fully saturated rings. The summed E-state index contributed by atoms with van der Waals surface area (Å²) in [5.74, 6) is -0.718. The number of halogens is 1. The maximum absolute atomic E-state index is 13.3. The molecule has 2 heterocycles. The van der Waals surface area contributed by atoms with E-state index in [0.29, 0.717) is 16.5 Å². The van der Waals surface area contributed by atoms with Gasteiger partial charge in [-0.15, -0.1) is 0 Å². The van der Waals surface area contributed by atoms with Crippen molar-refractivity contribution < 1.29 is 9.59 Å². The number of amides is 2. The number of nitrogens with zero attached hydrogens (tertiary/aromatic N) is 2. The SMILES string of the molecule is C[C@@H]1Nc2c(C(N)=O)cnn2[C@H](c2ccc(Cl)cc2)[C@H]1C(=O)Nc1ccccc1. The number of nitrogens with two attached hydrogens (primary N) is 1. The lowest BCUT2D eigenvalue weighted by molar-refractivity contribution is -0.121. The molecule has 1 aliphatic heterocycles. The van der Waals surface area contributed by atoms with Crippen molar-refractivity contribution in [1.82, 2.24) is 9.78 Å². The minimum Gasteiger partial charge on any atom is -0.366 e. The van der Waals surface area contributed by atoms with Crippen molar-refractivity contribution in [3.05, 3.63) is 76.9 Å². The molecule has 0 radical (unpaired) electrons. The van der Waals surface area contributed by atoms with Crippen LogP contribution in [0.1, 0.15) is 28.9 Å². The highest BCUT2D eigenvalue weighted by atomic mass is 35.5. The topological polar surface area (TPSA) is 102 Å². The molecule has 0 saturated heterocycles. The van der Waals surface area contributed by atoms with Crippen LogP contribution in [0.3, 0.4) is 0 Å². The van der Waals surface area contributed by atoms with Gasteiger partial charge in [-0.3, -0.25) is 9.59 Å². The molecule has 0 unspecified atom stereocenters. The summed E-state index contributed by atoms with van der Waals surface area (Å²) in [5, 5.41) is 11.2. The van der Waals surface area contributed by atoms with Gasteiger partial charge >= 0.3 is 0 Å². The summed E-state index contributed by atoms with van der Waals surface area (Å²) in [4.78, 5) is 25.1. The molecule has 0 aliphatic carbocycles. The quantitative estimate of drug-likeness (QED) is 0.615. The minimum absolute atomic E-state index is 0.155. The highest BCUT2D eigenvalue weighted by Gasteiger charge is 2.42. The molecular weight excluding hydrogens is 390 g/mol. The van der Waals surface area contributed by atoms with Gasteiger partial charge in [-0.05, 0) is 36.8 Å². The van der Waals surface area contributed by atoms with Crippen LogP contribution in [0.25, 0.3) is 0 Å². The molecule has 7 nitrogen and oxygen atoms in total. The van der Waals surface area contributed by atoms with Gasteiger partial charge in [0.1, 0.15) is 11.4 Å². The molecule has 4 N–H and O–H groups in total. The molecule has 4 rings (SSSR count). The molecule has 3 atom stereocenters. The lowest BCUT2D eigenvalue weighted by Crippen LogP contribution is -2.46. The van der Waals surface area contributed by atoms with E-state index in [-0.39, 0.29) is 17.5 Å². The zero-order chi connectivity index (χ0) is 20.5. The van der Waals surface area contributed by atoms with Gasteiger partial charge in [-0.25, -0.2) is 4.68 Å². The fraction of sp³-hybridized carbons (Fsp3) is 0.190. The van der Waals surface area contributed by atoms with E-state index in [2.05, 4.69) is 15.7 Å². The number of nitrogens with one attached hydrogen (secondary N) is 2. The third-order valence-electron chi connectivity index (χ3n) is 5.12. The second-order valence-electron chi connectivity index (χ2n) is 7.03. The van der Waals surface area contributed by atoms with Gasteiger partial charge in [0.05, 0.1) is 18.2 Å². The Kier molecular flexibility index (Phi) is 4.98. The first-order valence-corrected chi connectivity index (χ1v) is 9.58. The Labute approximate surface area is 172 Å². The van der Waals surface area contributed by atoms with Crippen LogP contribution < -0.4 is 16.4 Å². The summed E-state index contributed by atoms with van der Waals surface area (Å²) in [7, 11) is 0. The first-order valence-electron chi connectivity index (χ1n) is 9.21. The summed E-state index contributed by atoms with van der Waals surface area (Å²) >= 11 is 6.06. The smallest absolute Gasteiger partial charge is 0.254 e. The van der Waals surface area contributed by atoms with Crippen LogP contribution in [0, 0.1) is 5.92 Å². The maximum atomic E-state index is 13.3. The van der Waals surface area contributed by atoms with E-state index >= 15 is 0 Å². The number of carbonyl (C=O) groups excluding carboxylic acids is 2. The first kappa shape index (κ1) is 19.0. The van der Waals surface area contributed by atoms with Gasteiger partial charge < -0.3 is 16.4 Å². The van der Waals surface area contributed by atoms with Crippen molar-refractivity contribution >= 4 is 34.9 Å². The number of primary amides is 1. The second-order valence-corrected chi connectivity index (χ2v) is 7.46. The van der Waals surface area contributed by atoms with Crippen LogP contribution in [-0.4, -0.2) is 27.6 Å². The molecular formula is C21H20ClN5O2. The Morgan fingerprint density at radius 3 is 2.48 bits per heavy atom. The van der Waals surface area contributed by atoms with Gasteiger partial charge in [-0.2, -0.15) is 5.10 Å². The van der Waals surface area contributed by atoms with Crippen LogP contribution >= 0.6 is 11.6 Å². The van der Waals surface area contributed by atoms with E-state index in [1.165, 1.54) is 6.20 Å². The molecule has 0 saturated carbocycles. The predicted octanol–water partition coefficient (Wildman–Crippen LogP) is 3.29. The third-order valence-corrected chi connectivity index (χ3v) is 5.38. The van der Waals surface area contributed by atoms with E-state index < -0.39 is 17.9 Å². The molecule has 3 aromatic rings. The van der Waals surface area contributed by atoms with E-state index in [9.17, 15) is 9.59 Å². The standard InChI is InChI=1S/C21H20ClN5O2/c1-12-17(21(29)26-15-5-3-2-4-6-15)18(13-7-9-14(22)10-8-13)27-20(25-12)16(11-24-27)19(23)28/h2-12,17-18,25H,1H3,(H2,23,28)(H,26,29)/t12-,17-,18+/m0/s1. The molecule has 148 valence electrons. The Hall–Kier alpha value is -3.32. The molecule has 2 aromatic carbocycles. The normalized spacial score (nSPS) is 20.4. The summed E-state index contributed by atoms with van der Waals surface area (Å²) in [5.41, 5.74) is 7.36. The largest absolute Gasteiger partial charge is 0.366 e. The van der Waals surface area contributed by atoms with Crippen molar-refractivity contribution in [2.45, 2.75) is 19.0 Å². The average Bonchev–Trinajstić information content (AvgIpc) is 3.12. The Morgan fingerprint density at radius 1 is 1.14 bits per heavy atom.